The molecule has 0 aromatic heterocycles. The van der Waals surface area contributed by atoms with Crippen LogP contribution >= 0.6 is 0 Å². The predicted molar refractivity (Wildman–Crippen MR) is 75.9 cm³/mol. The minimum Gasteiger partial charge on any atom is -0.344 e. The van der Waals surface area contributed by atoms with Crippen molar-refractivity contribution < 1.29 is 9.59 Å². The molecule has 0 radical (unpaired) electrons. The van der Waals surface area contributed by atoms with Crippen molar-refractivity contribution >= 4 is 11.8 Å². The van der Waals surface area contributed by atoms with Crippen molar-refractivity contribution in [2.24, 2.45) is 5.92 Å². The Labute approximate surface area is 119 Å². The summed E-state index contributed by atoms with van der Waals surface area (Å²) in [6, 6.07) is 7.81. The number of rotatable bonds is 3. The summed E-state index contributed by atoms with van der Waals surface area (Å²) in [6.45, 7) is 3.17. The van der Waals surface area contributed by atoms with Crippen molar-refractivity contribution in [3.63, 3.8) is 0 Å². The molecule has 106 valence electrons. The monoisotopic (exact) mass is 272 g/mol. The van der Waals surface area contributed by atoms with Crippen LogP contribution in [0, 0.1) is 5.92 Å². The molecule has 1 N–H and O–H groups in total. The molecule has 1 aromatic rings. The summed E-state index contributed by atoms with van der Waals surface area (Å²) in [5, 5.41) is 2.83. The molecular weight excluding hydrogens is 252 g/mol. The van der Waals surface area contributed by atoms with Crippen molar-refractivity contribution in [3.05, 3.63) is 35.4 Å². The molecular formula is C16H20N2O2. The van der Waals surface area contributed by atoms with Crippen LogP contribution in [0.4, 0.5) is 0 Å². The maximum Gasteiger partial charge on any atom is 0.245 e. The van der Waals surface area contributed by atoms with E-state index in [-0.39, 0.29) is 17.7 Å². The van der Waals surface area contributed by atoms with E-state index in [2.05, 4.69) is 17.4 Å². The molecule has 0 bridgehead atoms. The third-order valence-electron chi connectivity index (χ3n) is 4.12. The third kappa shape index (κ3) is 2.69. The predicted octanol–water partition coefficient (Wildman–Crippen LogP) is 1.49. The molecule has 4 nitrogen and oxygen atoms in total. The maximum absolute atomic E-state index is 12.4. The summed E-state index contributed by atoms with van der Waals surface area (Å²) in [4.78, 5) is 26.0. The molecule has 1 aliphatic heterocycles. The first-order valence-electron chi connectivity index (χ1n) is 7.31. The standard InChI is InChI=1S/C16H20N2O2/c1-11(17-15(19)13-6-7-13)16(20)18-9-8-12-4-2-3-5-14(12)10-18/h2-5,11,13H,6-10H2,1H3,(H,17,19)/t11-/m0/s1. The molecule has 3 rings (SSSR count). The number of hydrogen-bond acceptors (Lipinski definition) is 2. The Morgan fingerprint density at radius 2 is 1.95 bits per heavy atom. The number of hydrogen-bond donors (Lipinski definition) is 1. The van der Waals surface area contributed by atoms with E-state index in [1.807, 2.05) is 17.0 Å². The number of amides is 2. The third-order valence-corrected chi connectivity index (χ3v) is 4.12. The van der Waals surface area contributed by atoms with E-state index in [4.69, 9.17) is 0 Å². The van der Waals surface area contributed by atoms with Gasteiger partial charge in [0, 0.05) is 19.0 Å². The van der Waals surface area contributed by atoms with Crippen molar-refractivity contribution in [1.82, 2.24) is 10.2 Å². The van der Waals surface area contributed by atoms with Crippen LogP contribution in [-0.2, 0) is 22.6 Å². The van der Waals surface area contributed by atoms with Gasteiger partial charge >= 0.3 is 0 Å². The van der Waals surface area contributed by atoms with E-state index in [0.717, 1.165) is 25.8 Å². The van der Waals surface area contributed by atoms with Gasteiger partial charge in [0.25, 0.3) is 0 Å². The molecule has 2 aliphatic rings. The van der Waals surface area contributed by atoms with Gasteiger partial charge in [-0.05, 0) is 37.3 Å². The van der Waals surface area contributed by atoms with Crippen LogP contribution in [0.15, 0.2) is 24.3 Å². The molecule has 1 saturated carbocycles. The summed E-state index contributed by atoms with van der Waals surface area (Å²) in [7, 11) is 0. The van der Waals surface area contributed by atoms with E-state index in [0.29, 0.717) is 6.54 Å². The lowest BCUT2D eigenvalue weighted by atomic mass is 9.99. The Bertz CT molecular complexity index is 537. The Hall–Kier alpha value is -1.84. The lowest BCUT2D eigenvalue weighted by Crippen LogP contribution is -2.48. The molecule has 2 amide bonds. The first-order valence-corrected chi connectivity index (χ1v) is 7.31. The molecule has 1 aliphatic carbocycles. The van der Waals surface area contributed by atoms with Crippen LogP contribution < -0.4 is 5.32 Å². The van der Waals surface area contributed by atoms with Crippen LogP contribution in [0.5, 0.6) is 0 Å². The van der Waals surface area contributed by atoms with E-state index >= 15 is 0 Å². The average Bonchev–Trinajstić information content (AvgIpc) is 3.30. The molecule has 0 spiro atoms. The van der Waals surface area contributed by atoms with Crippen molar-refractivity contribution in [1.29, 1.82) is 0 Å². The van der Waals surface area contributed by atoms with Gasteiger partial charge in [-0.1, -0.05) is 24.3 Å². The quantitative estimate of drug-likeness (QED) is 0.906. The molecule has 4 heteroatoms. The van der Waals surface area contributed by atoms with E-state index in [1.54, 1.807) is 6.92 Å². The summed E-state index contributed by atoms with van der Waals surface area (Å²) in [6.07, 6.45) is 2.82. The highest BCUT2D eigenvalue weighted by Crippen LogP contribution is 2.29. The normalized spacial score (nSPS) is 19.1. The lowest BCUT2D eigenvalue weighted by molar-refractivity contribution is -0.137. The highest BCUT2D eigenvalue weighted by Gasteiger charge is 2.32. The Kier molecular flexibility index (Phi) is 3.47. The van der Waals surface area contributed by atoms with Crippen molar-refractivity contribution in [3.8, 4) is 0 Å². The van der Waals surface area contributed by atoms with Gasteiger partial charge in [0.05, 0.1) is 0 Å². The van der Waals surface area contributed by atoms with Crippen LogP contribution in [0.3, 0.4) is 0 Å². The topological polar surface area (TPSA) is 49.4 Å². The summed E-state index contributed by atoms with van der Waals surface area (Å²) < 4.78 is 0. The molecule has 0 saturated heterocycles. The van der Waals surface area contributed by atoms with Crippen molar-refractivity contribution in [2.45, 2.75) is 38.8 Å². The summed E-state index contributed by atoms with van der Waals surface area (Å²) >= 11 is 0. The smallest absolute Gasteiger partial charge is 0.245 e. The van der Waals surface area contributed by atoms with Crippen LogP contribution in [0.2, 0.25) is 0 Å². The van der Waals surface area contributed by atoms with Gasteiger partial charge in [-0.25, -0.2) is 0 Å². The van der Waals surface area contributed by atoms with E-state index in [9.17, 15) is 9.59 Å². The zero-order valence-electron chi connectivity index (χ0n) is 11.8. The molecule has 1 atom stereocenters. The van der Waals surface area contributed by atoms with Crippen molar-refractivity contribution in [2.75, 3.05) is 6.54 Å². The highest BCUT2D eigenvalue weighted by molar-refractivity contribution is 5.89. The number of fused-ring (bicyclic) bond motifs is 1. The number of carbonyl (C=O) groups excluding carboxylic acids is 2. The Morgan fingerprint density at radius 3 is 2.65 bits per heavy atom. The van der Waals surface area contributed by atoms with Gasteiger partial charge in [0.2, 0.25) is 11.8 Å². The van der Waals surface area contributed by atoms with Crippen LogP contribution in [0.25, 0.3) is 0 Å². The maximum atomic E-state index is 12.4. The fraction of sp³-hybridized carbons (Fsp3) is 0.500. The number of benzene rings is 1. The zero-order chi connectivity index (χ0) is 14.1. The second-order valence-corrected chi connectivity index (χ2v) is 5.78. The summed E-state index contributed by atoms with van der Waals surface area (Å²) in [5.74, 6) is 0.198. The Balaban J connectivity index is 1.61. The van der Waals surface area contributed by atoms with Gasteiger partial charge in [-0.3, -0.25) is 9.59 Å². The fourth-order valence-corrected chi connectivity index (χ4v) is 2.70. The van der Waals surface area contributed by atoms with Gasteiger partial charge in [0.1, 0.15) is 6.04 Å². The molecule has 1 fully saturated rings. The molecule has 0 unspecified atom stereocenters. The number of carbonyl (C=O) groups is 2. The van der Waals surface area contributed by atoms with Gasteiger partial charge in [0.15, 0.2) is 0 Å². The largest absolute Gasteiger partial charge is 0.344 e. The first kappa shape index (κ1) is 13.2. The van der Waals surface area contributed by atoms with Gasteiger partial charge in [-0.15, -0.1) is 0 Å². The SMILES string of the molecule is C[C@H](NC(=O)C1CC1)C(=O)N1CCc2ccccc2C1. The molecule has 20 heavy (non-hydrogen) atoms. The lowest BCUT2D eigenvalue weighted by Gasteiger charge is -2.31. The molecule has 1 heterocycles. The second-order valence-electron chi connectivity index (χ2n) is 5.78. The molecule has 1 aromatic carbocycles. The fourth-order valence-electron chi connectivity index (χ4n) is 2.70. The van der Waals surface area contributed by atoms with Crippen LogP contribution in [-0.4, -0.2) is 29.3 Å². The first-order chi connectivity index (χ1) is 9.65. The highest BCUT2D eigenvalue weighted by atomic mass is 16.2. The summed E-state index contributed by atoms with van der Waals surface area (Å²) in [5.41, 5.74) is 2.54. The average molecular weight is 272 g/mol. The number of nitrogens with zero attached hydrogens (tertiary/aromatic N) is 1. The minimum absolute atomic E-state index is 0.0218. The second kappa shape index (κ2) is 5.27. The number of nitrogens with one attached hydrogen (secondary N) is 1. The zero-order valence-corrected chi connectivity index (χ0v) is 11.8. The Morgan fingerprint density at radius 1 is 1.25 bits per heavy atom. The van der Waals surface area contributed by atoms with Gasteiger partial charge < -0.3 is 10.2 Å². The van der Waals surface area contributed by atoms with Gasteiger partial charge in [-0.2, -0.15) is 0 Å². The van der Waals surface area contributed by atoms with E-state index in [1.165, 1.54) is 11.1 Å². The van der Waals surface area contributed by atoms with Crippen LogP contribution in [0.1, 0.15) is 30.9 Å². The minimum atomic E-state index is -0.423. The van der Waals surface area contributed by atoms with E-state index < -0.39 is 6.04 Å².